The SMILES string of the molecule is Oc1cc[c-]cc1.[Re]. The first-order valence-electron chi connectivity index (χ1n) is 2.04. The number of aromatic hydroxyl groups is 1. The van der Waals surface area contributed by atoms with Gasteiger partial charge in [0.2, 0.25) is 0 Å². The average Bonchev–Trinajstić information content (AvgIpc) is 1.69. The summed E-state index contributed by atoms with van der Waals surface area (Å²) in [4.78, 5) is 0. The first-order valence-corrected chi connectivity index (χ1v) is 2.04. The minimum Gasteiger partial charge on any atom is -0.533 e. The van der Waals surface area contributed by atoms with E-state index in [2.05, 4.69) is 6.07 Å². The Bertz CT molecular complexity index is 138. The van der Waals surface area contributed by atoms with Gasteiger partial charge in [0.25, 0.3) is 0 Å². The van der Waals surface area contributed by atoms with Gasteiger partial charge in [0, 0.05) is 26.2 Å². The number of benzene rings is 1. The smallest absolute Gasteiger partial charge is 0.00821 e. The molecule has 1 aromatic rings. The van der Waals surface area contributed by atoms with Crippen LogP contribution in [-0.2, 0) is 20.4 Å². The fraction of sp³-hybridized carbons (Fsp3) is 0. The second kappa shape index (κ2) is 3.66. The summed E-state index contributed by atoms with van der Waals surface area (Å²) in [6, 6.07) is 9.26. The molecule has 1 nitrogen and oxygen atoms in total. The maximum absolute atomic E-state index is 8.61. The molecule has 1 radical (unpaired) electrons. The molecule has 0 saturated carbocycles. The molecule has 2 heteroatoms. The molecular weight excluding hydrogens is 274 g/mol. The first kappa shape index (κ1) is 7.68. The van der Waals surface area contributed by atoms with Crippen LogP contribution in [0.15, 0.2) is 24.3 Å². The third kappa shape index (κ3) is 2.11. The Hall–Kier alpha value is -0.318. The molecule has 0 aliphatic heterocycles. The summed E-state index contributed by atoms with van der Waals surface area (Å²) in [5, 5.41) is 8.61. The van der Waals surface area contributed by atoms with E-state index >= 15 is 0 Å². The number of phenols is 1. The molecule has 0 bridgehead atoms. The van der Waals surface area contributed by atoms with E-state index in [1.807, 2.05) is 0 Å². The predicted molar refractivity (Wildman–Crippen MR) is 26.9 cm³/mol. The second-order valence-electron chi connectivity index (χ2n) is 1.26. The van der Waals surface area contributed by atoms with Crippen molar-refractivity contribution in [1.29, 1.82) is 0 Å². The van der Waals surface area contributed by atoms with Crippen molar-refractivity contribution in [3.05, 3.63) is 30.3 Å². The van der Waals surface area contributed by atoms with Gasteiger partial charge in [-0.05, 0) is 0 Å². The summed E-state index contributed by atoms with van der Waals surface area (Å²) in [7, 11) is 0. The Balaban J connectivity index is 0.000000490. The Kier molecular flexibility index (Phi) is 3.51. The molecule has 0 aromatic heterocycles. The topological polar surface area (TPSA) is 20.2 Å². The molecule has 0 aliphatic carbocycles. The summed E-state index contributed by atoms with van der Waals surface area (Å²) >= 11 is 0. The molecule has 0 spiro atoms. The minimum atomic E-state index is 0. The summed E-state index contributed by atoms with van der Waals surface area (Å²) in [5.41, 5.74) is 0. The van der Waals surface area contributed by atoms with E-state index in [4.69, 9.17) is 5.11 Å². The van der Waals surface area contributed by atoms with Gasteiger partial charge < -0.3 is 5.11 Å². The molecule has 0 saturated heterocycles. The van der Waals surface area contributed by atoms with Crippen molar-refractivity contribution >= 4 is 0 Å². The normalized spacial score (nSPS) is 7.50. The first-order chi connectivity index (χ1) is 3.39. The molecule has 0 atom stereocenters. The molecule has 1 rings (SSSR count). The van der Waals surface area contributed by atoms with Crippen molar-refractivity contribution < 1.29 is 25.5 Å². The summed E-state index contributed by atoms with van der Waals surface area (Å²) < 4.78 is 0. The number of hydrogen-bond acceptors (Lipinski definition) is 1. The molecule has 0 heterocycles. The van der Waals surface area contributed by atoms with Crippen LogP contribution in [0.1, 0.15) is 0 Å². The van der Waals surface area contributed by atoms with Crippen molar-refractivity contribution in [3.63, 3.8) is 0 Å². The fourth-order valence-corrected chi connectivity index (χ4v) is 0.378. The van der Waals surface area contributed by atoms with E-state index < -0.39 is 0 Å². The molecule has 0 aliphatic rings. The number of phenolic OH excluding ortho intramolecular Hbond substituents is 1. The maximum Gasteiger partial charge on any atom is 0.00821 e. The molecule has 0 unspecified atom stereocenters. The quantitative estimate of drug-likeness (QED) is 0.707. The minimum absolute atomic E-state index is 0. The van der Waals surface area contributed by atoms with Crippen molar-refractivity contribution in [2.75, 3.05) is 0 Å². The van der Waals surface area contributed by atoms with Crippen LogP contribution in [0.4, 0.5) is 0 Å². The van der Waals surface area contributed by atoms with Crippen LogP contribution < -0.4 is 0 Å². The monoisotopic (exact) mass is 280 g/mol. The zero-order valence-electron chi connectivity index (χ0n) is 4.13. The third-order valence-corrected chi connectivity index (χ3v) is 0.701. The van der Waals surface area contributed by atoms with Crippen LogP contribution in [-0.4, -0.2) is 5.11 Å². The van der Waals surface area contributed by atoms with Crippen molar-refractivity contribution in [3.8, 4) is 5.75 Å². The molecule has 1 aromatic carbocycles. The Labute approximate surface area is 62.0 Å². The van der Waals surface area contributed by atoms with Gasteiger partial charge in [-0.3, -0.25) is 0 Å². The van der Waals surface area contributed by atoms with Gasteiger partial charge in [0.05, 0.1) is 0 Å². The molecule has 43 valence electrons. The number of hydrogen-bond donors (Lipinski definition) is 1. The average molecular weight is 279 g/mol. The number of rotatable bonds is 0. The maximum atomic E-state index is 8.61. The van der Waals surface area contributed by atoms with E-state index in [1.54, 1.807) is 24.3 Å². The summed E-state index contributed by atoms with van der Waals surface area (Å²) in [6.07, 6.45) is 0. The fourth-order valence-electron chi connectivity index (χ4n) is 0.378. The predicted octanol–water partition coefficient (Wildman–Crippen LogP) is 1.19. The summed E-state index contributed by atoms with van der Waals surface area (Å²) in [6.45, 7) is 0. The van der Waals surface area contributed by atoms with Gasteiger partial charge in [-0.25, -0.2) is 0 Å². The van der Waals surface area contributed by atoms with E-state index in [9.17, 15) is 0 Å². The van der Waals surface area contributed by atoms with E-state index in [-0.39, 0.29) is 20.4 Å². The Morgan fingerprint density at radius 2 is 1.75 bits per heavy atom. The van der Waals surface area contributed by atoms with Gasteiger partial charge >= 0.3 is 0 Å². The zero-order chi connectivity index (χ0) is 5.11. The van der Waals surface area contributed by atoms with Crippen LogP contribution in [0.3, 0.4) is 0 Å². The van der Waals surface area contributed by atoms with Gasteiger partial charge in [-0.2, -0.15) is 18.2 Å². The van der Waals surface area contributed by atoms with Crippen LogP contribution in [0.5, 0.6) is 5.75 Å². The van der Waals surface area contributed by atoms with Crippen LogP contribution in [0.2, 0.25) is 0 Å². The zero-order valence-corrected chi connectivity index (χ0v) is 6.85. The molecule has 0 fully saturated rings. The molecule has 1 N–H and O–H groups in total. The van der Waals surface area contributed by atoms with Crippen LogP contribution in [0.25, 0.3) is 0 Å². The third-order valence-electron chi connectivity index (χ3n) is 0.701. The van der Waals surface area contributed by atoms with E-state index in [1.165, 1.54) is 0 Å². The molecule has 0 amide bonds. The Morgan fingerprint density at radius 3 is 2.00 bits per heavy atom. The summed E-state index contributed by atoms with van der Waals surface area (Å²) in [5.74, 6) is 0.291. The second-order valence-corrected chi connectivity index (χ2v) is 1.26. The van der Waals surface area contributed by atoms with Gasteiger partial charge in [-0.1, -0.05) is 0 Å². The van der Waals surface area contributed by atoms with E-state index in [0.717, 1.165) is 0 Å². The van der Waals surface area contributed by atoms with Crippen molar-refractivity contribution in [2.24, 2.45) is 0 Å². The van der Waals surface area contributed by atoms with Crippen molar-refractivity contribution in [1.82, 2.24) is 0 Å². The standard InChI is InChI=1S/C6H5O.Re/c7-6-4-2-1-3-5-6;/h2-5,7H;/q-1;. The van der Waals surface area contributed by atoms with Crippen LogP contribution in [0, 0.1) is 6.07 Å². The Morgan fingerprint density at radius 1 is 1.25 bits per heavy atom. The van der Waals surface area contributed by atoms with Gasteiger partial charge in [0.15, 0.2) is 0 Å². The van der Waals surface area contributed by atoms with Gasteiger partial charge in [0.1, 0.15) is 0 Å². The molecular formula is C6H5ORe-. The van der Waals surface area contributed by atoms with Crippen molar-refractivity contribution in [2.45, 2.75) is 0 Å². The van der Waals surface area contributed by atoms with Gasteiger partial charge in [-0.15, -0.1) is 12.1 Å². The van der Waals surface area contributed by atoms with Crippen LogP contribution >= 0.6 is 0 Å². The van der Waals surface area contributed by atoms with E-state index in [0.29, 0.717) is 5.75 Å². The molecule has 8 heavy (non-hydrogen) atoms. The largest absolute Gasteiger partial charge is 0.533 e.